The van der Waals surface area contributed by atoms with E-state index in [0.29, 0.717) is 6.54 Å². The fraction of sp³-hybridized carbons (Fsp3) is 0.0714. The van der Waals surface area contributed by atoms with Crippen LogP contribution in [0.25, 0.3) is 11.1 Å². The van der Waals surface area contributed by atoms with Gasteiger partial charge in [0, 0.05) is 22.3 Å². The molecule has 0 heterocycles. The standard InChI is InChI=1S/C14H13BrN/c1-2-16-14-10-6-4-8-12(14)11-7-3-5-9-13(11)15/h3-10,16H,1-2H2. The highest BCUT2D eigenvalue weighted by Gasteiger charge is 2.06. The van der Waals surface area contributed by atoms with E-state index in [1.165, 1.54) is 11.1 Å². The molecule has 0 aromatic heterocycles. The Morgan fingerprint density at radius 2 is 1.56 bits per heavy atom. The van der Waals surface area contributed by atoms with E-state index in [4.69, 9.17) is 0 Å². The Balaban J connectivity index is 2.51. The maximum absolute atomic E-state index is 3.82. The Hall–Kier alpha value is -1.28. The minimum absolute atomic E-state index is 0.682. The number of benzene rings is 2. The number of halogens is 1. The van der Waals surface area contributed by atoms with Crippen LogP contribution in [0.15, 0.2) is 53.0 Å². The number of nitrogens with one attached hydrogen (secondary N) is 1. The second-order valence-corrected chi connectivity index (χ2v) is 4.31. The maximum atomic E-state index is 3.82. The van der Waals surface area contributed by atoms with E-state index in [1.54, 1.807) is 0 Å². The molecule has 0 aliphatic carbocycles. The van der Waals surface area contributed by atoms with Crippen molar-refractivity contribution in [1.82, 2.24) is 0 Å². The van der Waals surface area contributed by atoms with Crippen LogP contribution in [0.5, 0.6) is 0 Å². The van der Waals surface area contributed by atoms with E-state index in [1.807, 2.05) is 24.3 Å². The van der Waals surface area contributed by atoms with Gasteiger partial charge in [-0.1, -0.05) is 52.3 Å². The van der Waals surface area contributed by atoms with E-state index < -0.39 is 0 Å². The molecule has 0 bridgehead atoms. The highest BCUT2D eigenvalue weighted by atomic mass is 79.9. The van der Waals surface area contributed by atoms with Crippen LogP contribution in [0.4, 0.5) is 5.69 Å². The lowest BCUT2D eigenvalue weighted by Gasteiger charge is -2.11. The molecule has 0 atom stereocenters. The number of para-hydroxylation sites is 1. The first-order valence-electron chi connectivity index (χ1n) is 5.20. The van der Waals surface area contributed by atoms with E-state index in [9.17, 15) is 0 Å². The Bertz CT molecular complexity index is 480. The molecular formula is C14H13BrN. The zero-order chi connectivity index (χ0) is 11.4. The molecule has 16 heavy (non-hydrogen) atoms. The van der Waals surface area contributed by atoms with Crippen LogP contribution in [0.1, 0.15) is 0 Å². The zero-order valence-corrected chi connectivity index (χ0v) is 10.5. The van der Waals surface area contributed by atoms with Crippen molar-refractivity contribution < 1.29 is 0 Å². The smallest absolute Gasteiger partial charge is 0.0420 e. The van der Waals surface area contributed by atoms with Crippen molar-refractivity contribution in [2.75, 3.05) is 11.9 Å². The Labute approximate surface area is 105 Å². The lowest BCUT2D eigenvalue weighted by molar-refractivity contribution is 1.34. The van der Waals surface area contributed by atoms with Gasteiger partial charge < -0.3 is 5.32 Å². The largest absolute Gasteiger partial charge is 0.385 e. The summed E-state index contributed by atoms with van der Waals surface area (Å²) < 4.78 is 1.10. The second kappa shape index (κ2) is 5.17. The third-order valence-corrected chi connectivity index (χ3v) is 3.10. The van der Waals surface area contributed by atoms with Crippen LogP contribution < -0.4 is 5.32 Å². The molecule has 2 aromatic rings. The van der Waals surface area contributed by atoms with Gasteiger partial charge in [0.2, 0.25) is 0 Å². The van der Waals surface area contributed by atoms with Crippen molar-refractivity contribution in [2.45, 2.75) is 0 Å². The molecule has 0 unspecified atom stereocenters. The molecule has 1 N–H and O–H groups in total. The molecule has 0 saturated carbocycles. The molecule has 2 aromatic carbocycles. The van der Waals surface area contributed by atoms with Crippen molar-refractivity contribution in [3.05, 3.63) is 59.9 Å². The number of hydrogen-bond acceptors (Lipinski definition) is 1. The quantitative estimate of drug-likeness (QED) is 0.877. The zero-order valence-electron chi connectivity index (χ0n) is 8.91. The predicted molar refractivity (Wildman–Crippen MR) is 73.4 cm³/mol. The second-order valence-electron chi connectivity index (χ2n) is 3.45. The number of rotatable bonds is 3. The number of hydrogen-bond donors (Lipinski definition) is 1. The van der Waals surface area contributed by atoms with Crippen LogP contribution in [-0.4, -0.2) is 6.54 Å². The fourth-order valence-electron chi connectivity index (χ4n) is 1.69. The normalized spacial score (nSPS) is 10.1. The average molecular weight is 275 g/mol. The first-order chi connectivity index (χ1) is 7.83. The molecular weight excluding hydrogens is 262 g/mol. The summed E-state index contributed by atoms with van der Waals surface area (Å²) in [7, 11) is 0. The molecule has 2 heteroatoms. The van der Waals surface area contributed by atoms with Gasteiger partial charge in [-0.3, -0.25) is 0 Å². The van der Waals surface area contributed by atoms with Crippen LogP contribution in [0.2, 0.25) is 0 Å². The van der Waals surface area contributed by atoms with E-state index >= 15 is 0 Å². The monoisotopic (exact) mass is 274 g/mol. The molecule has 0 spiro atoms. The van der Waals surface area contributed by atoms with Crippen LogP contribution in [-0.2, 0) is 0 Å². The van der Waals surface area contributed by atoms with Gasteiger partial charge in [-0.15, -0.1) is 0 Å². The molecule has 0 saturated heterocycles. The van der Waals surface area contributed by atoms with Gasteiger partial charge in [0.1, 0.15) is 0 Å². The SMILES string of the molecule is [CH2]CNc1ccccc1-c1ccccc1Br. The summed E-state index contributed by atoms with van der Waals surface area (Å²) in [6, 6.07) is 16.5. The van der Waals surface area contributed by atoms with Crippen molar-refractivity contribution in [3.8, 4) is 11.1 Å². The summed E-state index contributed by atoms with van der Waals surface area (Å²) in [4.78, 5) is 0. The van der Waals surface area contributed by atoms with E-state index in [2.05, 4.69) is 52.4 Å². The molecule has 1 nitrogen and oxygen atoms in total. The minimum atomic E-state index is 0.682. The van der Waals surface area contributed by atoms with Gasteiger partial charge in [-0.2, -0.15) is 0 Å². The van der Waals surface area contributed by atoms with E-state index in [0.717, 1.165) is 10.2 Å². The number of anilines is 1. The lowest BCUT2D eigenvalue weighted by atomic mass is 10.0. The van der Waals surface area contributed by atoms with Crippen molar-refractivity contribution in [3.63, 3.8) is 0 Å². The molecule has 2 rings (SSSR count). The van der Waals surface area contributed by atoms with Crippen molar-refractivity contribution in [1.29, 1.82) is 0 Å². The highest BCUT2D eigenvalue weighted by molar-refractivity contribution is 9.10. The van der Waals surface area contributed by atoms with Crippen molar-refractivity contribution in [2.24, 2.45) is 0 Å². The summed E-state index contributed by atoms with van der Waals surface area (Å²) in [5.74, 6) is 0. The molecule has 0 fully saturated rings. The summed E-state index contributed by atoms with van der Waals surface area (Å²) >= 11 is 3.57. The Kier molecular flexibility index (Phi) is 3.62. The van der Waals surface area contributed by atoms with Crippen molar-refractivity contribution >= 4 is 21.6 Å². The summed E-state index contributed by atoms with van der Waals surface area (Å²) in [5, 5.41) is 3.27. The summed E-state index contributed by atoms with van der Waals surface area (Å²) in [6.07, 6.45) is 0. The van der Waals surface area contributed by atoms with Crippen LogP contribution in [0.3, 0.4) is 0 Å². The Morgan fingerprint density at radius 1 is 0.938 bits per heavy atom. The molecule has 1 radical (unpaired) electrons. The van der Waals surface area contributed by atoms with Gasteiger partial charge in [0.05, 0.1) is 0 Å². The van der Waals surface area contributed by atoms with Gasteiger partial charge >= 0.3 is 0 Å². The van der Waals surface area contributed by atoms with Crippen LogP contribution in [0, 0.1) is 6.92 Å². The first kappa shape index (κ1) is 11.2. The van der Waals surface area contributed by atoms with Crippen LogP contribution >= 0.6 is 15.9 Å². The van der Waals surface area contributed by atoms with E-state index in [-0.39, 0.29) is 0 Å². The summed E-state index contributed by atoms with van der Waals surface area (Å²) in [6.45, 7) is 4.50. The topological polar surface area (TPSA) is 12.0 Å². The maximum Gasteiger partial charge on any atom is 0.0420 e. The predicted octanol–water partition coefficient (Wildman–Crippen LogP) is 4.36. The molecule has 0 aliphatic rings. The van der Waals surface area contributed by atoms with Gasteiger partial charge in [-0.25, -0.2) is 0 Å². The molecule has 81 valence electrons. The highest BCUT2D eigenvalue weighted by Crippen LogP contribution is 2.33. The molecule has 0 amide bonds. The summed E-state index contributed by atoms with van der Waals surface area (Å²) in [5.41, 5.74) is 3.50. The van der Waals surface area contributed by atoms with Gasteiger partial charge in [0.15, 0.2) is 0 Å². The molecule has 0 aliphatic heterocycles. The minimum Gasteiger partial charge on any atom is -0.385 e. The third kappa shape index (κ3) is 2.27. The first-order valence-corrected chi connectivity index (χ1v) is 5.99. The van der Waals surface area contributed by atoms with Gasteiger partial charge in [-0.05, 0) is 24.6 Å². The van der Waals surface area contributed by atoms with Gasteiger partial charge in [0.25, 0.3) is 0 Å². The Morgan fingerprint density at radius 3 is 2.25 bits per heavy atom. The third-order valence-electron chi connectivity index (χ3n) is 2.41. The average Bonchev–Trinajstić information content (AvgIpc) is 2.31. The lowest BCUT2D eigenvalue weighted by Crippen LogP contribution is -1.98. The fourth-order valence-corrected chi connectivity index (χ4v) is 2.18.